The maximum Gasteiger partial charge on any atom is 0.270 e. The van der Waals surface area contributed by atoms with E-state index in [1.54, 1.807) is 0 Å². The highest BCUT2D eigenvalue weighted by Gasteiger charge is 2.31. The summed E-state index contributed by atoms with van der Waals surface area (Å²) in [7, 11) is -3.83. The number of non-ortho nitro benzene ring substituents is 1. The molecule has 1 heterocycles. The zero-order valence-electron chi connectivity index (χ0n) is 10.5. The molecule has 110 valence electrons. The fourth-order valence-corrected chi connectivity index (χ4v) is 4.02. The van der Waals surface area contributed by atoms with Gasteiger partial charge in [-0.25, -0.2) is 8.42 Å². The second kappa shape index (κ2) is 5.65. The minimum atomic E-state index is -3.83. The lowest BCUT2D eigenvalue weighted by Gasteiger charge is -2.29. The van der Waals surface area contributed by atoms with Gasteiger partial charge in [0.15, 0.2) is 0 Å². The third-order valence-electron chi connectivity index (χ3n) is 3.24. The summed E-state index contributed by atoms with van der Waals surface area (Å²) in [4.78, 5) is 9.86. The van der Waals surface area contributed by atoms with E-state index in [0.29, 0.717) is 25.9 Å². The molecule has 0 amide bonds. The summed E-state index contributed by atoms with van der Waals surface area (Å²) < 4.78 is 26.2. The third-order valence-corrected chi connectivity index (χ3v) is 5.62. The smallest absolute Gasteiger partial charge is 0.270 e. The van der Waals surface area contributed by atoms with E-state index in [0.717, 1.165) is 6.07 Å². The van der Waals surface area contributed by atoms with Crippen molar-refractivity contribution >= 4 is 27.3 Å². The monoisotopic (exact) mass is 319 g/mol. The number of nitro groups is 1. The van der Waals surface area contributed by atoms with Gasteiger partial charge in [0, 0.05) is 31.3 Å². The van der Waals surface area contributed by atoms with E-state index in [9.17, 15) is 18.5 Å². The molecule has 0 atom stereocenters. The van der Waals surface area contributed by atoms with Crippen LogP contribution in [-0.2, 0) is 10.0 Å². The Bertz CT molecular complexity index is 627. The van der Waals surface area contributed by atoms with Crippen molar-refractivity contribution in [2.24, 2.45) is 5.73 Å². The van der Waals surface area contributed by atoms with Crippen molar-refractivity contribution in [1.82, 2.24) is 4.31 Å². The van der Waals surface area contributed by atoms with Crippen molar-refractivity contribution < 1.29 is 13.3 Å². The van der Waals surface area contributed by atoms with Crippen LogP contribution in [0.25, 0.3) is 0 Å². The Morgan fingerprint density at radius 3 is 2.50 bits per heavy atom. The fourth-order valence-electron chi connectivity index (χ4n) is 2.06. The Kier molecular flexibility index (Phi) is 4.28. The van der Waals surface area contributed by atoms with Gasteiger partial charge in [-0.2, -0.15) is 4.31 Å². The highest BCUT2D eigenvalue weighted by Crippen LogP contribution is 2.29. The summed E-state index contributed by atoms with van der Waals surface area (Å²) in [6.45, 7) is 0.588. The molecule has 0 unspecified atom stereocenters. The number of piperidine rings is 1. The lowest BCUT2D eigenvalue weighted by molar-refractivity contribution is -0.385. The quantitative estimate of drug-likeness (QED) is 0.668. The summed E-state index contributed by atoms with van der Waals surface area (Å²) in [5.74, 6) is 0. The van der Waals surface area contributed by atoms with Gasteiger partial charge in [0.25, 0.3) is 5.69 Å². The van der Waals surface area contributed by atoms with Gasteiger partial charge in [0.1, 0.15) is 4.90 Å². The Hall–Kier alpha value is -1.22. The van der Waals surface area contributed by atoms with Crippen LogP contribution < -0.4 is 5.73 Å². The Labute approximate surface area is 121 Å². The van der Waals surface area contributed by atoms with E-state index in [-0.39, 0.29) is 21.6 Å². The molecule has 1 aliphatic rings. The molecule has 1 aromatic carbocycles. The summed E-state index contributed by atoms with van der Waals surface area (Å²) in [6, 6.07) is 3.38. The molecule has 0 aromatic heterocycles. The molecule has 2 N–H and O–H groups in total. The van der Waals surface area contributed by atoms with E-state index in [4.69, 9.17) is 17.3 Å². The van der Waals surface area contributed by atoms with E-state index in [1.807, 2.05) is 0 Å². The molecule has 7 nitrogen and oxygen atoms in total. The van der Waals surface area contributed by atoms with Gasteiger partial charge in [-0.15, -0.1) is 0 Å². The van der Waals surface area contributed by atoms with E-state index in [2.05, 4.69) is 0 Å². The van der Waals surface area contributed by atoms with Crippen LogP contribution in [0, 0.1) is 10.1 Å². The van der Waals surface area contributed by atoms with Crippen LogP contribution in [0.3, 0.4) is 0 Å². The molecular weight excluding hydrogens is 306 g/mol. The second-order valence-electron chi connectivity index (χ2n) is 4.61. The first-order valence-electron chi connectivity index (χ1n) is 6.02. The summed E-state index contributed by atoms with van der Waals surface area (Å²) in [6.07, 6.45) is 1.12. The number of benzene rings is 1. The highest BCUT2D eigenvalue weighted by molar-refractivity contribution is 7.89. The number of nitro benzene ring substituents is 1. The normalized spacial score (nSPS) is 18.1. The molecule has 0 radical (unpaired) electrons. The van der Waals surface area contributed by atoms with Crippen molar-refractivity contribution in [2.45, 2.75) is 23.8 Å². The van der Waals surface area contributed by atoms with Crippen LogP contribution >= 0.6 is 11.6 Å². The molecule has 1 saturated heterocycles. The first-order chi connectivity index (χ1) is 9.32. The molecule has 0 bridgehead atoms. The zero-order valence-corrected chi connectivity index (χ0v) is 12.1. The number of nitrogens with two attached hydrogens (primary N) is 1. The Morgan fingerprint density at radius 1 is 1.35 bits per heavy atom. The predicted molar refractivity (Wildman–Crippen MR) is 74.1 cm³/mol. The third kappa shape index (κ3) is 2.93. The molecule has 1 aliphatic heterocycles. The first-order valence-corrected chi connectivity index (χ1v) is 7.84. The maximum atomic E-state index is 12.5. The van der Waals surface area contributed by atoms with Crippen LogP contribution in [-0.4, -0.2) is 36.8 Å². The van der Waals surface area contributed by atoms with Crippen LogP contribution in [0.1, 0.15) is 12.8 Å². The second-order valence-corrected chi connectivity index (χ2v) is 6.93. The van der Waals surface area contributed by atoms with Crippen molar-refractivity contribution in [2.75, 3.05) is 13.1 Å². The molecule has 0 saturated carbocycles. The summed E-state index contributed by atoms with van der Waals surface area (Å²) >= 11 is 5.88. The molecule has 9 heteroatoms. The van der Waals surface area contributed by atoms with Crippen LogP contribution in [0.15, 0.2) is 23.1 Å². The SMILES string of the molecule is NC1CCN(S(=O)(=O)c2cc([N+](=O)[O-])ccc2Cl)CC1. The average Bonchev–Trinajstić information content (AvgIpc) is 2.39. The standard InChI is InChI=1S/C11H14ClN3O4S/c12-10-2-1-9(15(16)17)7-11(10)20(18,19)14-5-3-8(13)4-6-14/h1-2,7-8H,3-6,13H2. The van der Waals surface area contributed by atoms with Crippen LogP contribution in [0.5, 0.6) is 0 Å². The van der Waals surface area contributed by atoms with Crippen molar-refractivity contribution in [3.8, 4) is 0 Å². The minimum Gasteiger partial charge on any atom is -0.328 e. The van der Waals surface area contributed by atoms with Crippen LogP contribution in [0.4, 0.5) is 5.69 Å². The lowest BCUT2D eigenvalue weighted by Crippen LogP contribution is -2.42. The molecular formula is C11H14ClN3O4S. The minimum absolute atomic E-state index is 0.0120. The number of nitrogens with zero attached hydrogens (tertiary/aromatic N) is 2. The first kappa shape index (κ1) is 15.2. The average molecular weight is 320 g/mol. The zero-order chi connectivity index (χ0) is 14.9. The fraction of sp³-hybridized carbons (Fsp3) is 0.455. The predicted octanol–water partition coefficient (Wildman–Crippen LogP) is 1.36. The van der Waals surface area contributed by atoms with Gasteiger partial charge >= 0.3 is 0 Å². The Balaban J connectivity index is 2.38. The highest BCUT2D eigenvalue weighted by atomic mass is 35.5. The molecule has 0 aliphatic carbocycles. The van der Waals surface area contributed by atoms with Crippen molar-refractivity contribution in [3.05, 3.63) is 33.3 Å². The van der Waals surface area contributed by atoms with Gasteiger partial charge in [-0.1, -0.05) is 11.6 Å². The number of halogens is 1. The molecule has 0 spiro atoms. The number of rotatable bonds is 3. The molecule has 20 heavy (non-hydrogen) atoms. The topological polar surface area (TPSA) is 107 Å². The number of hydrogen-bond acceptors (Lipinski definition) is 5. The van der Waals surface area contributed by atoms with Crippen LogP contribution in [0.2, 0.25) is 5.02 Å². The van der Waals surface area contributed by atoms with Crippen molar-refractivity contribution in [3.63, 3.8) is 0 Å². The molecule has 2 rings (SSSR count). The van der Waals surface area contributed by atoms with E-state index in [1.165, 1.54) is 16.4 Å². The van der Waals surface area contributed by atoms with Gasteiger partial charge in [0.05, 0.1) is 9.95 Å². The van der Waals surface area contributed by atoms with Gasteiger partial charge < -0.3 is 5.73 Å². The van der Waals surface area contributed by atoms with Gasteiger partial charge in [-0.05, 0) is 18.9 Å². The number of sulfonamides is 1. The van der Waals surface area contributed by atoms with Gasteiger partial charge in [0.2, 0.25) is 10.0 Å². The van der Waals surface area contributed by atoms with Gasteiger partial charge in [-0.3, -0.25) is 10.1 Å². The lowest BCUT2D eigenvalue weighted by atomic mass is 10.1. The summed E-state index contributed by atoms with van der Waals surface area (Å²) in [5.41, 5.74) is 5.43. The van der Waals surface area contributed by atoms with E-state index >= 15 is 0 Å². The largest absolute Gasteiger partial charge is 0.328 e. The Morgan fingerprint density at radius 2 is 1.95 bits per heavy atom. The van der Waals surface area contributed by atoms with E-state index < -0.39 is 14.9 Å². The molecule has 1 aromatic rings. The summed E-state index contributed by atoms with van der Waals surface area (Å²) in [5, 5.41) is 10.7. The molecule has 1 fully saturated rings. The van der Waals surface area contributed by atoms with Crippen molar-refractivity contribution in [1.29, 1.82) is 0 Å². The maximum absolute atomic E-state index is 12.5. The number of hydrogen-bond donors (Lipinski definition) is 1.